The van der Waals surface area contributed by atoms with Gasteiger partial charge in [-0.2, -0.15) is 0 Å². The number of anilines is 1. The van der Waals surface area contributed by atoms with Crippen molar-refractivity contribution >= 4 is 11.7 Å². The summed E-state index contributed by atoms with van der Waals surface area (Å²) in [5.74, 6) is 0.797. The summed E-state index contributed by atoms with van der Waals surface area (Å²) in [7, 11) is 1.88. The molecule has 19 heavy (non-hydrogen) atoms. The summed E-state index contributed by atoms with van der Waals surface area (Å²) in [5.41, 5.74) is 7.25. The van der Waals surface area contributed by atoms with E-state index in [1.165, 1.54) is 0 Å². The molecule has 1 heterocycles. The Morgan fingerprint density at radius 3 is 3.00 bits per heavy atom. The third kappa shape index (κ3) is 3.56. The largest absolute Gasteiger partial charge is 0.337 e. The average Bonchev–Trinajstić information content (AvgIpc) is 2.82. The fourth-order valence-corrected chi connectivity index (χ4v) is 1.68. The first-order chi connectivity index (χ1) is 9.19. The Balaban J connectivity index is 1.89. The van der Waals surface area contributed by atoms with E-state index in [0.29, 0.717) is 13.1 Å². The van der Waals surface area contributed by atoms with Crippen molar-refractivity contribution in [2.45, 2.75) is 13.1 Å². The molecule has 1 aromatic heterocycles. The number of amides is 2. The van der Waals surface area contributed by atoms with Crippen LogP contribution in [0.1, 0.15) is 11.4 Å². The Morgan fingerprint density at radius 1 is 1.47 bits per heavy atom. The minimum atomic E-state index is -0.267. The number of aromatic nitrogens is 2. The first-order valence-electron chi connectivity index (χ1n) is 5.99. The number of nitrogens with two attached hydrogens (primary N) is 1. The second kappa shape index (κ2) is 6.01. The molecule has 100 valence electrons. The van der Waals surface area contributed by atoms with Crippen molar-refractivity contribution in [1.82, 2.24) is 14.9 Å². The average molecular weight is 259 g/mol. The van der Waals surface area contributed by atoms with Gasteiger partial charge in [-0.05, 0) is 17.7 Å². The standard InChI is InChI=1S/C13H17N5O/c1-18-6-5-15-12(18)9-16-13(19)17-11-4-2-3-10(7-11)8-14/h2-7H,8-9,14H2,1H3,(H2,16,17,19). The molecule has 0 unspecified atom stereocenters. The quantitative estimate of drug-likeness (QED) is 0.771. The fraction of sp³-hybridized carbons (Fsp3) is 0.231. The van der Waals surface area contributed by atoms with E-state index in [2.05, 4.69) is 15.6 Å². The number of urea groups is 1. The van der Waals surface area contributed by atoms with E-state index in [4.69, 9.17) is 5.73 Å². The zero-order valence-corrected chi connectivity index (χ0v) is 10.8. The van der Waals surface area contributed by atoms with Gasteiger partial charge in [0.05, 0.1) is 6.54 Å². The van der Waals surface area contributed by atoms with Gasteiger partial charge < -0.3 is 20.9 Å². The van der Waals surface area contributed by atoms with Crippen LogP contribution < -0.4 is 16.4 Å². The highest BCUT2D eigenvalue weighted by Gasteiger charge is 2.04. The summed E-state index contributed by atoms with van der Waals surface area (Å²) in [6.45, 7) is 0.830. The van der Waals surface area contributed by atoms with Crippen molar-refractivity contribution in [3.8, 4) is 0 Å². The van der Waals surface area contributed by atoms with Gasteiger partial charge in [0, 0.05) is 31.7 Å². The highest BCUT2D eigenvalue weighted by Crippen LogP contribution is 2.09. The lowest BCUT2D eigenvalue weighted by Crippen LogP contribution is -2.29. The maximum Gasteiger partial charge on any atom is 0.319 e. The number of nitrogens with one attached hydrogen (secondary N) is 2. The van der Waals surface area contributed by atoms with Crippen LogP contribution in [0.25, 0.3) is 0 Å². The SMILES string of the molecule is Cn1ccnc1CNC(=O)Nc1cccc(CN)c1. The van der Waals surface area contributed by atoms with Crippen molar-refractivity contribution in [3.05, 3.63) is 48.0 Å². The number of carbonyl (C=O) groups is 1. The summed E-state index contributed by atoms with van der Waals surface area (Å²) >= 11 is 0. The van der Waals surface area contributed by atoms with Crippen LogP contribution in [-0.4, -0.2) is 15.6 Å². The molecule has 1 aromatic carbocycles. The van der Waals surface area contributed by atoms with Gasteiger partial charge in [0.1, 0.15) is 5.82 Å². The summed E-state index contributed by atoms with van der Waals surface area (Å²) < 4.78 is 1.86. The van der Waals surface area contributed by atoms with Gasteiger partial charge in [0.2, 0.25) is 0 Å². The van der Waals surface area contributed by atoms with Gasteiger partial charge in [-0.25, -0.2) is 9.78 Å². The molecule has 2 aromatic rings. The molecule has 6 nitrogen and oxygen atoms in total. The predicted octanol–water partition coefficient (Wildman–Crippen LogP) is 1.20. The molecule has 6 heteroatoms. The lowest BCUT2D eigenvalue weighted by Gasteiger charge is -2.08. The maximum atomic E-state index is 11.7. The summed E-state index contributed by atoms with van der Waals surface area (Å²) in [4.78, 5) is 15.9. The van der Waals surface area contributed by atoms with E-state index in [1.54, 1.807) is 6.20 Å². The number of carbonyl (C=O) groups excluding carboxylic acids is 1. The van der Waals surface area contributed by atoms with Crippen molar-refractivity contribution in [3.63, 3.8) is 0 Å². The Morgan fingerprint density at radius 2 is 2.32 bits per heavy atom. The van der Waals surface area contributed by atoms with Crippen LogP contribution in [0.15, 0.2) is 36.7 Å². The number of hydrogen-bond acceptors (Lipinski definition) is 3. The predicted molar refractivity (Wildman–Crippen MR) is 73.4 cm³/mol. The van der Waals surface area contributed by atoms with E-state index in [0.717, 1.165) is 17.1 Å². The fourth-order valence-electron chi connectivity index (χ4n) is 1.68. The molecule has 0 aliphatic heterocycles. The third-order valence-electron chi connectivity index (χ3n) is 2.75. The van der Waals surface area contributed by atoms with Crippen LogP contribution in [0, 0.1) is 0 Å². The van der Waals surface area contributed by atoms with E-state index >= 15 is 0 Å². The van der Waals surface area contributed by atoms with Crippen molar-refractivity contribution in [2.24, 2.45) is 12.8 Å². The molecule has 2 amide bonds. The number of rotatable bonds is 4. The maximum absolute atomic E-state index is 11.7. The molecule has 0 bridgehead atoms. The zero-order chi connectivity index (χ0) is 13.7. The number of aryl methyl sites for hydroxylation is 1. The molecule has 0 fully saturated rings. The lowest BCUT2D eigenvalue weighted by molar-refractivity contribution is 0.251. The highest BCUT2D eigenvalue weighted by atomic mass is 16.2. The molecule has 0 spiro atoms. The van der Waals surface area contributed by atoms with Crippen molar-refractivity contribution < 1.29 is 4.79 Å². The molecule has 0 saturated carbocycles. The van der Waals surface area contributed by atoms with Gasteiger partial charge in [-0.15, -0.1) is 0 Å². The molecule has 0 radical (unpaired) electrons. The zero-order valence-electron chi connectivity index (χ0n) is 10.8. The third-order valence-corrected chi connectivity index (χ3v) is 2.75. The van der Waals surface area contributed by atoms with Gasteiger partial charge in [0.25, 0.3) is 0 Å². The first-order valence-corrected chi connectivity index (χ1v) is 5.99. The lowest BCUT2D eigenvalue weighted by atomic mass is 10.2. The Labute approximate surface area is 111 Å². The molecule has 4 N–H and O–H groups in total. The van der Waals surface area contributed by atoms with Crippen LogP contribution >= 0.6 is 0 Å². The molecular weight excluding hydrogens is 242 g/mol. The van der Waals surface area contributed by atoms with Gasteiger partial charge in [-0.3, -0.25) is 0 Å². The van der Waals surface area contributed by atoms with Gasteiger partial charge >= 0.3 is 6.03 Å². The molecule has 0 atom stereocenters. The van der Waals surface area contributed by atoms with Crippen LogP contribution in [0.5, 0.6) is 0 Å². The minimum absolute atomic E-state index is 0.267. The first kappa shape index (κ1) is 13.1. The molecular formula is C13H17N5O. The summed E-state index contributed by atoms with van der Waals surface area (Å²) in [5, 5.41) is 5.50. The van der Waals surface area contributed by atoms with Crippen molar-refractivity contribution in [2.75, 3.05) is 5.32 Å². The molecule has 0 saturated heterocycles. The van der Waals surface area contributed by atoms with E-state index in [-0.39, 0.29) is 6.03 Å². The second-order valence-electron chi connectivity index (χ2n) is 4.17. The topological polar surface area (TPSA) is 85.0 Å². The Kier molecular flexibility index (Phi) is 4.15. The van der Waals surface area contributed by atoms with Gasteiger partial charge in [0.15, 0.2) is 0 Å². The monoisotopic (exact) mass is 259 g/mol. The number of benzene rings is 1. The molecule has 0 aliphatic rings. The number of hydrogen-bond donors (Lipinski definition) is 3. The van der Waals surface area contributed by atoms with Crippen molar-refractivity contribution in [1.29, 1.82) is 0 Å². The smallest absolute Gasteiger partial charge is 0.319 e. The summed E-state index contributed by atoms with van der Waals surface area (Å²) in [6, 6.07) is 7.17. The van der Waals surface area contributed by atoms with Crippen LogP contribution in [0.3, 0.4) is 0 Å². The normalized spacial score (nSPS) is 10.2. The Bertz CT molecular complexity index is 564. The number of nitrogens with zero attached hydrogens (tertiary/aromatic N) is 2. The van der Waals surface area contributed by atoms with Crippen LogP contribution in [-0.2, 0) is 20.1 Å². The van der Waals surface area contributed by atoms with Crippen LogP contribution in [0.4, 0.5) is 10.5 Å². The molecule has 2 rings (SSSR count). The van der Waals surface area contributed by atoms with Gasteiger partial charge in [-0.1, -0.05) is 12.1 Å². The Hall–Kier alpha value is -2.34. The number of imidazole rings is 1. The van der Waals surface area contributed by atoms with Crippen LogP contribution in [0.2, 0.25) is 0 Å². The highest BCUT2D eigenvalue weighted by molar-refractivity contribution is 5.89. The van der Waals surface area contributed by atoms with E-state index < -0.39 is 0 Å². The molecule has 0 aliphatic carbocycles. The van der Waals surface area contributed by atoms with E-state index in [1.807, 2.05) is 42.1 Å². The minimum Gasteiger partial charge on any atom is -0.337 e. The summed E-state index contributed by atoms with van der Waals surface area (Å²) in [6.07, 6.45) is 3.53. The van der Waals surface area contributed by atoms with E-state index in [9.17, 15) is 4.79 Å². The second-order valence-corrected chi connectivity index (χ2v) is 4.17.